The van der Waals surface area contributed by atoms with Crippen LogP contribution in [0.3, 0.4) is 0 Å². The number of nitrogens with one attached hydrogen (secondary N) is 1. The quantitative estimate of drug-likeness (QED) is 0.900. The van der Waals surface area contributed by atoms with Crippen molar-refractivity contribution in [3.8, 4) is 5.88 Å². The second-order valence-electron chi connectivity index (χ2n) is 4.81. The maximum absolute atomic E-state index is 13.3. The first kappa shape index (κ1) is 13.5. The molecule has 3 rings (SSSR count). The third kappa shape index (κ3) is 2.56. The molecule has 1 unspecified atom stereocenters. The van der Waals surface area contributed by atoms with Gasteiger partial charge >= 0.3 is 5.97 Å². The van der Waals surface area contributed by atoms with Gasteiger partial charge < -0.3 is 9.84 Å². The molecule has 2 N–H and O–H groups in total. The van der Waals surface area contributed by atoms with E-state index in [1.165, 1.54) is 6.07 Å². The Balaban J connectivity index is 1.79. The zero-order chi connectivity index (χ0) is 15.0. The van der Waals surface area contributed by atoms with Gasteiger partial charge in [0.15, 0.2) is 11.6 Å². The zero-order valence-electron chi connectivity index (χ0n) is 10.8. The van der Waals surface area contributed by atoms with Gasteiger partial charge in [0.1, 0.15) is 6.10 Å². The minimum absolute atomic E-state index is 0.0986. The Bertz CT molecular complexity index is 702. The van der Waals surface area contributed by atoms with Crippen molar-refractivity contribution in [2.24, 2.45) is 0 Å². The van der Waals surface area contributed by atoms with Crippen LogP contribution in [0, 0.1) is 11.6 Å². The third-order valence-corrected chi connectivity index (χ3v) is 3.43. The monoisotopic (exact) mass is 295 g/mol. The Morgan fingerprint density at radius 3 is 2.76 bits per heavy atom. The minimum Gasteiger partial charge on any atom is -0.476 e. The Morgan fingerprint density at radius 2 is 2.05 bits per heavy atom. The molecule has 0 radical (unpaired) electrons. The number of carboxylic acids is 1. The van der Waals surface area contributed by atoms with Crippen molar-refractivity contribution < 1.29 is 23.4 Å². The summed E-state index contributed by atoms with van der Waals surface area (Å²) in [7, 11) is 0. The molecule has 0 aliphatic heterocycles. The first-order valence-corrected chi connectivity index (χ1v) is 6.32. The van der Waals surface area contributed by atoms with Gasteiger partial charge in [0.2, 0.25) is 5.69 Å². The summed E-state index contributed by atoms with van der Waals surface area (Å²) in [6, 6.07) is 2.35. The van der Waals surface area contributed by atoms with Crippen LogP contribution in [-0.2, 0) is 12.8 Å². The lowest BCUT2D eigenvalue weighted by Gasteiger charge is -2.24. The number of hydrogen-bond donors (Lipinski definition) is 2. The van der Waals surface area contributed by atoms with E-state index >= 15 is 0 Å². The summed E-state index contributed by atoms with van der Waals surface area (Å²) in [4.78, 5) is 10.9. The molecule has 21 heavy (non-hydrogen) atoms. The molecule has 8 heteroatoms. The summed E-state index contributed by atoms with van der Waals surface area (Å²) < 4.78 is 31.9. The van der Waals surface area contributed by atoms with Crippen LogP contribution in [0.5, 0.6) is 5.88 Å². The van der Waals surface area contributed by atoms with E-state index in [0.29, 0.717) is 24.8 Å². The molecule has 1 aliphatic carbocycles. The van der Waals surface area contributed by atoms with Gasteiger partial charge in [-0.15, -0.1) is 0 Å². The molecular weight excluding hydrogens is 284 g/mol. The third-order valence-electron chi connectivity index (χ3n) is 3.43. The second kappa shape index (κ2) is 5.12. The molecule has 0 bridgehead atoms. The van der Waals surface area contributed by atoms with Gasteiger partial charge in [-0.1, -0.05) is 10.3 Å². The van der Waals surface area contributed by atoms with Crippen LogP contribution in [0.2, 0.25) is 0 Å². The van der Waals surface area contributed by atoms with Crippen LogP contribution >= 0.6 is 0 Å². The number of aryl methyl sites for hydroxylation is 1. The summed E-state index contributed by atoms with van der Waals surface area (Å²) in [5.41, 5.74) is 1.17. The average Bonchev–Trinajstić information content (AvgIpc) is 2.89. The highest BCUT2D eigenvalue weighted by molar-refractivity contribution is 5.87. The number of ether oxygens (including phenoxy) is 1. The highest BCUT2D eigenvalue weighted by Crippen LogP contribution is 2.27. The maximum Gasteiger partial charge on any atom is 0.359 e. The molecule has 1 aliphatic rings. The lowest BCUT2D eigenvalue weighted by molar-refractivity contribution is 0.0681. The van der Waals surface area contributed by atoms with E-state index < -0.39 is 17.6 Å². The summed E-state index contributed by atoms with van der Waals surface area (Å²) >= 11 is 0. The van der Waals surface area contributed by atoms with Crippen molar-refractivity contribution in [3.05, 3.63) is 40.6 Å². The number of aromatic carboxylic acids is 1. The van der Waals surface area contributed by atoms with Crippen LogP contribution < -0.4 is 4.74 Å². The largest absolute Gasteiger partial charge is 0.476 e. The van der Waals surface area contributed by atoms with Gasteiger partial charge in [0.25, 0.3) is 5.88 Å². The van der Waals surface area contributed by atoms with E-state index in [1.807, 2.05) is 0 Å². The summed E-state index contributed by atoms with van der Waals surface area (Å²) in [6.07, 6.45) is 1.09. The molecule has 2 aromatic rings. The average molecular weight is 295 g/mol. The first-order chi connectivity index (χ1) is 10.0. The van der Waals surface area contributed by atoms with E-state index in [1.54, 1.807) is 0 Å². The number of carbonyl (C=O) groups is 1. The van der Waals surface area contributed by atoms with E-state index in [0.717, 1.165) is 11.6 Å². The van der Waals surface area contributed by atoms with Gasteiger partial charge in [0, 0.05) is 6.42 Å². The molecule has 0 saturated carbocycles. The summed E-state index contributed by atoms with van der Waals surface area (Å²) in [6.45, 7) is 0. The molecule has 0 spiro atoms. The Labute approximate surface area is 117 Å². The van der Waals surface area contributed by atoms with Crippen molar-refractivity contribution >= 4 is 5.97 Å². The summed E-state index contributed by atoms with van der Waals surface area (Å²) in [5, 5.41) is 18.1. The number of H-pyrrole nitrogens is 1. The topological polar surface area (TPSA) is 88.1 Å². The number of halogens is 2. The number of carboxylic acid groups (broad SMARTS) is 1. The van der Waals surface area contributed by atoms with Gasteiger partial charge in [-0.2, -0.15) is 0 Å². The lowest BCUT2D eigenvalue weighted by Crippen LogP contribution is -2.26. The Morgan fingerprint density at radius 1 is 1.33 bits per heavy atom. The Hall–Kier alpha value is -2.51. The predicted octanol–water partition coefficient (Wildman–Crippen LogP) is 1.72. The number of aromatic amines is 1. The highest BCUT2D eigenvalue weighted by Gasteiger charge is 2.25. The fraction of sp³-hybridized carbons (Fsp3) is 0.308. The van der Waals surface area contributed by atoms with E-state index in [9.17, 15) is 13.6 Å². The highest BCUT2D eigenvalue weighted by atomic mass is 19.2. The fourth-order valence-corrected chi connectivity index (χ4v) is 2.41. The molecule has 1 atom stereocenters. The number of nitrogens with zero attached hydrogens (tertiary/aromatic N) is 2. The van der Waals surface area contributed by atoms with Crippen LogP contribution in [0.15, 0.2) is 12.1 Å². The van der Waals surface area contributed by atoms with E-state index in [-0.39, 0.29) is 17.7 Å². The van der Waals surface area contributed by atoms with Gasteiger partial charge in [-0.25, -0.2) is 18.7 Å². The fourth-order valence-electron chi connectivity index (χ4n) is 2.41. The molecule has 1 aromatic carbocycles. The number of fused-ring (bicyclic) bond motifs is 1. The predicted molar refractivity (Wildman–Crippen MR) is 66.1 cm³/mol. The van der Waals surface area contributed by atoms with Crippen molar-refractivity contribution in [1.82, 2.24) is 15.4 Å². The van der Waals surface area contributed by atoms with Gasteiger partial charge in [-0.05, 0) is 36.1 Å². The first-order valence-electron chi connectivity index (χ1n) is 6.32. The standard InChI is InChI=1S/C13H11F2N3O3/c14-9-4-6-1-2-8(3-7(6)5-10(9)15)21-12-11(13(19)20)16-18-17-12/h4-5,8H,1-3H2,(H,19,20)(H,16,17,18). The van der Waals surface area contributed by atoms with Crippen LogP contribution in [0.25, 0.3) is 0 Å². The van der Waals surface area contributed by atoms with Crippen LogP contribution in [0.4, 0.5) is 8.78 Å². The van der Waals surface area contributed by atoms with Gasteiger partial charge in [-0.3, -0.25) is 0 Å². The smallest absolute Gasteiger partial charge is 0.359 e. The number of benzene rings is 1. The normalized spacial score (nSPS) is 17.3. The number of rotatable bonds is 3. The Kier molecular flexibility index (Phi) is 3.28. The molecule has 0 saturated heterocycles. The van der Waals surface area contributed by atoms with Gasteiger partial charge in [0.05, 0.1) is 0 Å². The SMILES string of the molecule is O=C(O)c1[nH]nnc1OC1CCc2cc(F)c(F)cc2C1. The minimum atomic E-state index is -1.22. The molecule has 1 heterocycles. The maximum atomic E-state index is 13.3. The molecule has 110 valence electrons. The zero-order valence-corrected chi connectivity index (χ0v) is 10.8. The van der Waals surface area contributed by atoms with Crippen LogP contribution in [0.1, 0.15) is 28.0 Å². The summed E-state index contributed by atoms with van der Waals surface area (Å²) in [5.74, 6) is -3.09. The van der Waals surface area contributed by atoms with Crippen LogP contribution in [-0.4, -0.2) is 32.6 Å². The molecule has 0 amide bonds. The van der Waals surface area contributed by atoms with Crippen molar-refractivity contribution in [2.45, 2.75) is 25.4 Å². The van der Waals surface area contributed by atoms with Crippen molar-refractivity contribution in [2.75, 3.05) is 0 Å². The number of hydrogen-bond acceptors (Lipinski definition) is 4. The second-order valence-corrected chi connectivity index (χ2v) is 4.81. The number of aromatic nitrogens is 3. The molecule has 6 nitrogen and oxygen atoms in total. The van der Waals surface area contributed by atoms with E-state index in [2.05, 4.69) is 15.4 Å². The lowest BCUT2D eigenvalue weighted by atomic mass is 9.89. The van der Waals surface area contributed by atoms with Crippen molar-refractivity contribution in [1.29, 1.82) is 0 Å². The molecular formula is C13H11F2N3O3. The van der Waals surface area contributed by atoms with Crippen molar-refractivity contribution in [3.63, 3.8) is 0 Å². The molecule has 1 aromatic heterocycles. The van der Waals surface area contributed by atoms with E-state index in [4.69, 9.17) is 9.84 Å². The molecule has 0 fully saturated rings.